The Hall–Kier alpha value is -2.22. The Balaban J connectivity index is 1.82. The van der Waals surface area contributed by atoms with E-state index in [0.29, 0.717) is 16.2 Å². The normalized spacial score (nSPS) is 17.2. The molecular formula is C13H11FN4O2S. The van der Waals surface area contributed by atoms with Crippen LogP contribution in [0.3, 0.4) is 0 Å². The number of nitrogens with one attached hydrogen (secondary N) is 1. The Labute approximate surface area is 123 Å². The number of amides is 1. The molecule has 0 radical (unpaired) electrons. The highest BCUT2D eigenvalue weighted by molar-refractivity contribution is 7.02. The number of hydrogen-bond acceptors (Lipinski definition) is 5. The first kappa shape index (κ1) is 12.5. The maximum Gasteiger partial charge on any atom is 0.262 e. The van der Waals surface area contributed by atoms with E-state index < -0.39 is 5.82 Å². The fourth-order valence-corrected chi connectivity index (χ4v) is 3.27. The monoisotopic (exact) mass is 306 g/mol. The van der Waals surface area contributed by atoms with Crippen LogP contribution in [-0.2, 0) is 17.8 Å². The van der Waals surface area contributed by atoms with E-state index in [0.717, 1.165) is 25.2 Å². The highest BCUT2D eigenvalue weighted by Gasteiger charge is 2.19. The third-order valence-electron chi connectivity index (χ3n) is 3.46. The first-order valence-corrected chi connectivity index (χ1v) is 7.34. The SMILES string of the molecule is O=C1COc2cc(F)c(N=c3snc4n3CCC4)cc2N1. The molecule has 21 heavy (non-hydrogen) atoms. The second-order valence-electron chi connectivity index (χ2n) is 4.89. The third kappa shape index (κ3) is 2.11. The minimum atomic E-state index is -0.481. The molecular weight excluding hydrogens is 295 g/mol. The summed E-state index contributed by atoms with van der Waals surface area (Å²) in [6, 6.07) is 2.74. The van der Waals surface area contributed by atoms with E-state index in [1.54, 1.807) is 0 Å². The molecule has 1 aromatic carbocycles. The predicted octanol–water partition coefficient (Wildman–Crippen LogP) is 1.59. The van der Waals surface area contributed by atoms with Gasteiger partial charge in [0.2, 0.25) is 4.80 Å². The van der Waals surface area contributed by atoms with Crippen molar-refractivity contribution in [3.8, 4) is 5.75 Å². The van der Waals surface area contributed by atoms with Crippen molar-refractivity contribution in [3.63, 3.8) is 0 Å². The zero-order valence-electron chi connectivity index (χ0n) is 10.9. The van der Waals surface area contributed by atoms with E-state index in [-0.39, 0.29) is 18.2 Å². The molecule has 0 atom stereocenters. The molecule has 2 aliphatic rings. The van der Waals surface area contributed by atoms with E-state index >= 15 is 0 Å². The topological polar surface area (TPSA) is 68.5 Å². The minimum absolute atomic E-state index is 0.0961. The summed E-state index contributed by atoms with van der Waals surface area (Å²) in [6.07, 6.45) is 1.97. The maximum absolute atomic E-state index is 14.1. The molecule has 0 saturated heterocycles. The van der Waals surface area contributed by atoms with Crippen molar-refractivity contribution in [1.29, 1.82) is 0 Å². The van der Waals surface area contributed by atoms with Crippen LogP contribution in [0.5, 0.6) is 5.75 Å². The maximum atomic E-state index is 14.1. The third-order valence-corrected chi connectivity index (χ3v) is 4.23. The number of anilines is 1. The van der Waals surface area contributed by atoms with Gasteiger partial charge in [-0.15, -0.1) is 0 Å². The number of aryl methyl sites for hydroxylation is 1. The molecule has 108 valence electrons. The first-order chi connectivity index (χ1) is 10.2. The van der Waals surface area contributed by atoms with Crippen molar-refractivity contribution < 1.29 is 13.9 Å². The van der Waals surface area contributed by atoms with Gasteiger partial charge in [0.15, 0.2) is 12.4 Å². The zero-order valence-corrected chi connectivity index (χ0v) is 11.7. The number of rotatable bonds is 1. The summed E-state index contributed by atoms with van der Waals surface area (Å²) in [5, 5.41) is 2.65. The van der Waals surface area contributed by atoms with E-state index in [1.165, 1.54) is 23.7 Å². The van der Waals surface area contributed by atoms with Crippen molar-refractivity contribution in [1.82, 2.24) is 8.94 Å². The van der Waals surface area contributed by atoms with Gasteiger partial charge in [-0.3, -0.25) is 4.79 Å². The van der Waals surface area contributed by atoms with Gasteiger partial charge in [0.05, 0.1) is 5.69 Å². The van der Waals surface area contributed by atoms with Crippen LogP contribution in [0.25, 0.3) is 0 Å². The number of hydrogen-bond donors (Lipinski definition) is 1. The quantitative estimate of drug-likeness (QED) is 0.870. The zero-order chi connectivity index (χ0) is 14.4. The standard InChI is InChI=1S/C13H11FN4O2S/c14-7-4-10-9(15-12(19)6-20-10)5-8(7)16-13-18-3-1-2-11(18)17-21-13/h4-5H,1-3,6H2,(H,15,19). The summed E-state index contributed by atoms with van der Waals surface area (Å²) < 4.78 is 25.6. The number of nitrogens with zero attached hydrogens (tertiary/aromatic N) is 3. The van der Waals surface area contributed by atoms with Crippen molar-refractivity contribution >= 4 is 28.8 Å². The number of fused-ring (bicyclic) bond motifs is 2. The Bertz CT molecular complexity index is 811. The molecule has 3 heterocycles. The Morgan fingerprint density at radius 2 is 2.38 bits per heavy atom. The molecule has 0 fully saturated rings. The van der Waals surface area contributed by atoms with Gasteiger partial charge in [0.25, 0.3) is 5.91 Å². The number of carbonyl (C=O) groups is 1. The lowest BCUT2D eigenvalue weighted by Crippen LogP contribution is -2.25. The first-order valence-electron chi connectivity index (χ1n) is 6.57. The summed E-state index contributed by atoms with van der Waals surface area (Å²) in [5.41, 5.74) is 0.614. The Kier molecular flexibility index (Phi) is 2.78. The summed E-state index contributed by atoms with van der Waals surface area (Å²) in [6.45, 7) is 0.762. The van der Waals surface area contributed by atoms with Crippen molar-refractivity contribution in [2.24, 2.45) is 4.99 Å². The lowest BCUT2D eigenvalue weighted by Gasteiger charge is -2.18. The summed E-state index contributed by atoms with van der Waals surface area (Å²) in [5.74, 6) is 0.584. The smallest absolute Gasteiger partial charge is 0.262 e. The van der Waals surface area contributed by atoms with Gasteiger partial charge in [-0.2, -0.15) is 4.37 Å². The number of ether oxygens (including phenoxy) is 1. The van der Waals surface area contributed by atoms with Crippen LogP contribution < -0.4 is 14.9 Å². The van der Waals surface area contributed by atoms with Crippen LogP contribution in [0.1, 0.15) is 12.2 Å². The highest BCUT2D eigenvalue weighted by Crippen LogP contribution is 2.34. The van der Waals surface area contributed by atoms with Crippen LogP contribution in [0.2, 0.25) is 0 Å². The summed E-state index contributed by atoms with van der Waals surface area (Å²) in [4.78, 5) is 16.3. The van der Waals surface area contributed by atoms with Gasteiger partial charge in [0.1, 0.15) is 17.3 Å². The fraction of sp³-hybridized carbons (Fsp3) is 0.308. The van der Waals surface area contributed by atoms with E-state index in [1.807, 2.05) is 4.57 Å². The molecule has 2 aliphatic heterocycles. The van der Waals surface area contributed by atoms with Gasteiger partial charge in [-0.1, -0.05) is 0 Å². The molecule has 1 aromatic heterocycles. The average molecular weight is 306 g/mol. The lowest BCUT2D eigenvalue weighted by molar-refractivity contribution is -0.118. The summed E-state index contributed by atoms with van der Waals surface area (Å²) >= 11 is 1.25. The van der Waals surface area contributed by atoms with Crippen LogP contribution in [0.15, 0.2) is 17.1 Å². The molecule has 1 N–H and O–H groups in total. The number of halogens is 1. The second-order valence-corrected chi connectivity index (χ2v) is 5.62. The van der Waals surface area contributed by atoms with Gasteiger partial charge in [-0.25, -0.2) is 9.38 Å². The molecule has 0 aliphatic carbocycles. The van der Waals surface area contributed by atoms with Crippen LogP contribution >= 0.6 is 11.5 Å². The largest absolute Gasteiger partial charge is 0.481 e. The Morgan fingerprint density at radius 1 is 1.48 bits per heavy atom. The van der Waals surface area contributed by atoms with Crippen molar-refractivity contribution in [2.75, 3.05) is 11.9 Å². The second kappa shape index (κ2) is 4.66. The van der Waals surface area contributed by atoms with Crippen molar-refractivity contribution in [3.05, 3.63) is 28.6 Å². The number of carbonyl (C=O) groups excluding carboxylic acids is 1. The molecule has 0 bridgehead atoms. The fourth-order valence-electron chi connectivity index (χ4n) is 2.46. The molecule has 6 nitrogen and oxygen atoms in total. The minimum Gasteiger partial charge on any atom is -0.481 e. The van der Waals surface area contributed by atoms with Crippen LogP contribution in [-0.4, -0.2) is 21.5 Å². The van der Waals surface area contributed by atoms with Crippen LogP contribution in [0, 0.1) is 5.82 Å². The molecule has 0 saturated carbocycles. The van der Waals surface area contributed by atoms with Gasteiger partial charge >= 0.3 is 0 Å². The van der Waals surface area contributed by atoms with Crippen LogP contribution in [0.4, 0.5) is 15.8 Å². The predicted molar refractivity (Wildman–Crippen MR) is 74.2 cm³/mol. The number of aromatic nitrogens is 2. The van der Waals surface area contributed by atoms with E-state index in [9.17, 15) is 9.18 Å². The van der Waals surface area contributed by atoms with Gasteiger partial charge in [-0.05, 0) is 12.5 Å². The number of benzene rings is 1. The highest BCUT2D eigenvalue weighted by atomic mass is 32.1. The molecule has 0 unspecified atom stereocenters. The van der Waals surface area contributed by atoms with E-state index in [4.69, 9.17) is 4.74 Å². The van der Waals surface area contributed by atoms with Gasteiger partial charge in [0, 0.05) is 30.6 Å². The molecule has 0 spiro atoms. The molecule has 8 heteroatoms. The van der Waals surface area contributed by atoms with Crippen molar-refractivity contribution in [2.45, 2.75) is 19.4 Å². The van der Waals surface area contributed by atoms with Gasteiger partial charge < -0.3 is 14.6 Å². The lowest BCUT2D eigenvalue weighted by atomic mass is 10.2. The molecule has 2 aromatic rings. The Morgan fingerprint density at radius 3 is 3.29 bits per heavy atom. The molecule has 1 amide bonds. The summed E-state index contributed by atoms with van der Waals surface area (Å²) in [7, 11) is 0. The average Bonchev–Trinajstić information content (AvgIpc) is 3.05. The van der Waals surface area contributed by atoms with E-state index in [2.05, 4.69) is 14.7 Å². The molecule has 4 rings (SSSR count).